The van der Waals surface area contributed by atoms with Crippen LogP contribution in [0, 0.1) is 20.8 Å². The van der Waals surface area contributed by atoms with Gasteiger partial charge in [-0.1, -0.05) is 55.5 Å². The van der Waals surface area contributed by atoms with E-state index in [9.17, 15) is 32.3 Å². The van der Waals surface area contributed by atoms with E-state index in [1.807, 2.05) is 137 Å². The second-order valence-corrected chi connectivity index (χ2v) is 24.3. The van der Waals surface area contributed by atoms with Crippen molar-refractivity contribution in [1.29, 1.82) is 0 Å². The lowest BCUT2D eigenvalue weighted by Gasteiger charge is -2.25. The van der Waals surface area contributed by atoms with Gasteiger partial charge in [-0.15, -0.1) is 34.0 Å². The fourth-order valence-corrected chi connectivity index (χ4v) is 12.4. The Balaban J connectivity index is 0.000000146. The molecule has 0 unspecified atom stereocenters. The standard InChI is InChI=1S/C22H25N5O3S.C18H18N4OS.C16H15N5OS.C2HF3O/c1-13-24-19-18(31-13)16-11-23-27(20(28)17(16)26(19)6)12-14-8-7-9-15(10-14)25(5)21(29)30-22(2,3)4;1-4-12-6-5-7-13(8-12)10-22-18(23)15-14(9-19-22)16-17(21(15)3)20-11(2)24-16;1-9-19-15-14(23-9)12-7-18-21(16(22)13(12)20(15)2)8-10-4-3-5-11(17)6-10;3-2(4,5)1-6/h7-11H,12H2,1-6H3;5-9H,4,10H2,1-3H3;3-7H,8,17H2,1-2H3;1H. The fraction of sp³-hybridized carbons (Fsp3) is 0.293. The van der Waals surface area contributed by atoms with Gasteiger partial charge in [0.1, 0.15) is 22.2 Å². The Morgan fingerprint density at radius 3 is 1.33 bits per heavy atom. The second kappa shape index (κ2) is 23.8. The van der Waals surface area contributed by atoms with Crippen molar-refractivity contribution in [2.75, 3.05) is 17.7 Å². The van der Waals surface area contributed by atoms with Crippen LogP contribution in [0.3, 0.4) is 0 Å². The number of alkyl halides is 3. The van der Waals surface area contributed by atoms with Crippen LogP contribution in [0.15, 0.2) is 106 Å². The topological polar surface area (TPSA) is 231 Å². The van der Waals surface area contributed by atoms with Crippen molar-refractivity contribution in [3.8, 4) is 0 Å². The van der Waals surface area contributed by atoms with Crippen LogP contribution in [0.25, 0.3) is 63.8 Å². The molecule has 12 aromatic rings. The third-order valence-electron chi connectivity index (χ3n) is 13.3. The van der Waals surface area contributed by atoms with Crippen LogP contribution in [-0.4, -0.2) is 89.2 Å². The highest BCUT2D eigenvalue weighted by molar-refractivity contribution is 7.20. The molecule has 3 aromatic carbocycles. The zero-order chi connectivity index (χ0) is 60.7. The molecule has 84 heavy (non-hydrogen) atoms. The van der Waals surface area contributed by atoms with Gasteiger partial charge in [0.25, 0.3) is 16.7 Å². The number of benzene rings is 3. The number of hydrogen-bond acceptors (Lipinski definition) is 16. The summed E-state index contributed by atoms with van der Waals surface area (Å²) in [7, 11) is 7.28. The summed E-state index contributed by atoms with van der Waals surface area (Å²) in [6.45, 7) is 14.7. The predicted molar refractivity (Wildman–Crippen MR) is 326 cm³/mol. The van der Waals surface area contributed by atoms with E-state index in [0.717, 1.165) is 85.3 Å². The van der Waals surface area contributed by atoms with Gasteiger partial charge in [0.15, 0.2) is 16.9 Å². The van der Waals surface area contributed by atoms with Gasteiger partial charge in [0, 0.05) is 55.7 Å². The zero-order valence-electron chi connectivity index (χ0n) is 47.8. The zero-order valence-corrected chi connectivity index (χ0v) is 50.2. The lowest BCUT2D eigenvalue weighted by atomic mass is 10.1. The molecule has 0 radical (unpaired) electrons. The monoisotopic (exact) mass is 1200 g/mol. The van der Waals surface area contributed by atoms with Gasteiger partial charge in [-0.05, 0) is 94.5 Å². The molecule has 436 valence electrons. The number of aromatic nitrogens is 12. The van der Waals surface area contributed by atoms with Crippen LogP contribution >= 0.6 is 34.0 Å². The number of nitrogens with two attached hydrogens (primary N) is 1. The van der Waals surface area contributed by atoms with Crippen molar-refractivity contribution in [1.82, 2.24) is 58.0 Å². The van der Waals surface area contributed by atoms with Crippen molar-refractivity contribution in [2.24, 2.45) is 21.1 Å². The number of aryl methyl sites for hydroxylation is 7. The minimum atomic E-state index is -4.64. The number of hydrogen-bond donors (Lipinski definition) is 1. The van der Waals surface area contributed by atoms with E-state index >= 15 is 0 Å². The van der Waals surface area contributed by atoms with E-state index in [-0.39, 0.29) is 23.2 Å². The third kappa shape index (κ3) is 12.5. The van der Waals surface area contributed by atoms with Crippen molar-refractivity contribution in [3.05, 3.63) is 160 Å². The van der Waals surface area contributed by atoms with Crippen LogP contribution in [0.5, 0.6) is 0 Å². The Kier molecular flexibility index (Phi) is 16.9. The summed E-state index contributed by atoms with van der Waals surface area (Å²) in [6, 6.07) is 23.2. The quantitative estimate of drug-likeness (QED) is 0.110. The second-order valence-electron chi connectivity index (χ2n) is 20.7. The highest BCUT2D eigenvalue weighted by Crippen LogP contribution is 2.33. The molecule has 0 fully saturated rings. The SMILES string of the molecule is CCc1cccc(Cn2ncc3c4sc(C)nc4n(C)c3c2=O)c1.Cc1nc2c(s1)c1cnn(Cc3cccc(N(C)C(=O)OC(C)(C)C)c3)c(=O)c1n2C.Cc1nc2c(s1)c1cnn(Cc3cccc(N)c3)c(=O)c1n2C.O=CC(F)(F)F. The Morgan fingerprint density at radius 2 is 0.964 bits per heavy atom. The number of nitrogens with zero attached hydrogens (tertiary/aromatic N) is 13. The molecule has 0 aliphatic carbocycles. The summed E-state index contributed by atoms with van der Waals surface area (Å²) in [5.74, 6) is 0. The van der Waals surface area contributed by atoms with Gasteiger partial charge >= 0.3 is 12.3 Å². The molecule has 2 N–H and O–H groups in total. The van der Waals surface area contributed by atoms with E-state index in [4.69, 9.17) is 15.3 Å². The van der Waals surface area contributed by atoms with E-state index in [1.165, 1.54) is 24.5 Å². The van der Waals surface area contributed by atoms with Gasteiger partial charge < -0.3 is 24.2 Å². The van der Waals surface area contributed by atoms with E-state index in [0.29, 0.717) is 41.0 Å². The molecular weight excluding hydrogens is 1140 g/mol. The highest BCUT2D eigenvalue weighted by Gasteiger charge is 2.25. The summed E-state index contributed by atoms with van der Waals surface area (Å²) < 4.78 is 49.7. The van der Waals surface area contributed by atoms with Crippen LogP contribution < -0.4 is 27.3 Å². The molecule has 0 aliphatic rings. The third-order valence-corrected chi connectivity index (χ3v) is 16.3. The molecule has 0 bridgehead atoms. The first kappa shape index (κ1) is 59.7. The molecular formula is C58H59F3N14O6S3. The highest BCUT2D eigenvalue weighted by atomic mass is 32.1. The molecule has 0 spiro atoms. The lowest BCUT2D eigenvalue weighted by Crippen LogP contribution is -2.34. The summed E-state index contributed by atoms with van der Waals surface area (Å²) in [5.41, 5.74) is 14.8. The number of nitrogen functional groups attached to an aromatic ring is 1. The number of amides is 1. The number of rotatable bonds is 8. The van der Waals surface area contributed by atoms with Crippen LogP contribution in [0.1, 0.15) is 65.0 Å². The van der Waals surface area contributed by atoms with Gasteiger partial charge in [-0.3, -0.25) is 24.1 Å². The maximum absolute atomic E-state index is 13.2. The number of anilines is 2. The number of aldehydes is 1. The first-order valence-corrected chi connectivity index (χ1v) is 28.6. The lowest BCUT2D eigenvalue weighted by molar-refractivity contribution is -0.156. The Morgan fingerprint density at radius 1 is 0.607 bits per heavy atom. The Hall–Kier alpha value is -8.88. The number of ether oxygens (including phenoxy) is 1. The fourth-order valence-electron chi connectivity index (χ4n) is 9.48. The number of thiazole rings is 3. The number of fused-ring (bicyclic) bond motifs is 9. The molecule has 12 rings (SSSR count). The summed E-state index contributed by atoms with van der Waals surface area (Å²) in [4.78, 5) is 75.0. The normalized spacial score (nSPS) is 11.7. The smallest absolute Gasteiger partial charge is 0.443 e. The summed E-state index contributed by atoms with van der Waals surface area (Å²) in [5, 5.41) is 18.6. The molecule has 0 saturated heterocycles. The first-order valence-electron chi connectivity index (χ1n) is 26.2. The van der Waals surface area contributed by atoms with Crippen molar-refractivity contribution in [2.45, 2.75) is 86.3 Å². The average molecular weight is 1200 g/mol. The van der Waals surface area contributed by atoms with E-state index in [2.05, 4.69) is 49.3 Å². The first-order chi connectivity index (χ1) is 39.7. The Bertz CT molecular complexity index is 4670. The molecule has 20 nitrogen and oxygen atoms in total. The van der Waals surface area contributed by atoms with Gasteiger partial charge in [0.05, 0.1) is 67.3 Å². The summed E-state index contributed by atoms with van der Waals surface area (Å²) in [6.07, 6.45) is 0.117. The van der Waals surface area contributed by atoms with Gasteiger partial charge in [-0.25, -0.2) is 33.8 Å². The van der Waals surface area contributed by atoms with Gasteiger partial charge in [0.2, 0.25) is 6.29 Å². The van der Waals surface area contributed by atoms with Gasteiger partial charge in [-0.2, -0.15) is 28.5 Å². The van der Waals surface area contributed by atoms with Crippen LogP contribution in [0.4, 0.5) is 29.3 Å². The van der Waals surface area contributed by atoms with Crippen molar-refractivity contribution >= 4 is 122 Å². The van der Waals surface area contributed by atoms with E-state index < -0.39 is 24.2 Å². The van der Waals surface area contributed by atoms with Crippen LogP contribution in [-0.2, 0) is 56.7 Å². The summed E-state index contributed by atoms with van der Waals surface area (Å²) >= 11 is 4.76. The maximum atomic E-state index is 13.2. The molecule has 9 heterocycles. The molecule has 0 aliphatic heterocycles. The van der Waals surface area contributed by atoms with E-state index in [1.54, 1.807) is 59.6 Å². The number of halogens is 3. The largest absolute Gasteiger partial charge is 0.446 e. The minimum absolute atomic E-state index is 0.0697. The number of carbonyl (C=O) groups excluding carboxylic acids is 2. The molecule has 9 aromatic heterocycles. The molecule has 0 saturated carbocycles. The molecule has 1 amide bonds. The van der Waals surface area contributed by atoms with Crippen LogP contribution in [0.2, 0.25) is 0 Å². The van der Waals surface area contributed by atoms with Crippen molar-refractivity contribution in [3.63, 3.8) is 0 Å². The maximum Gasteiger partial charge on any atom is 0.446 e. The average Bonchev–Trinajstić information content (AvgIpc) is 1.85. The van der Waals surface area contributed by atoms with Crippen molar-refractivity contribution < 1.29 is 27.5 Å². The molecule has 26 heteroatoms. The molecule has 0 atom stereocenters. The number of carbonyl (C=O) groups is 2. The minimum Gasteiger partial charge on any atom is -0.443 e. The Labute approximate surface area is 489 Å². The predicted octanol–water partition coefficient (Wildman–Crippen LogP) is 10.4.